The standard InChI is InChI=1S/C17H18FN5O5S/c1-19-29(27,28)13-3-4-15(18)14(10-13)17(24)22-8-6-21(7-9-22)16-5-2-12(11-20-16)23(25)26/h2-5,10-11,19H,6-9H2,1H3. The fourth-order valence-electron chi connectivity index (χ4n) is 2.94. The molecule has 29 heavy (non-hydrogen) atoms. The maximum absolute atomic E-state index is 14.2. The second-order valence-electron chi connectivity index (χ2n) is 6.26. The van der Waals surface area contributed by atoms with Crippen LogP contribution in [0.1, 0.15) is 10.4 Å². The largest absolute Gasteiger partial charge is 0.353 e. The normalized spacial score (nSPS) is 14.7. The molecule has 1 aliphatic rings. The van der Waals surface area contributed by atoms with Gasteiger partial charge in [-0.2, -0.15) is 0 Å². The fraction of sp³-hybridized carbons (Fsp3) is 0.294. The Bertz CT molecular complexity index is 1040. The topological polar surface area (TPSA) is 126 Å². The Morgan fingerprint density at radius 1 is 1.21 bits per heavy atom. The van der Waals surface area contributed by atoms with E-state index in [1.165, 1.54) is 24.1 Å². The van der Waals surface area contributed by atoms with Crippen LogP contribution in [-0.4, -0.2) is 62.4 Å². The molecule has 2 heterocycles. The third-order valence-electron chi connectivity index (χ3n) is 4.58. The van der Waals surface area contributed by atoms with E-state index in [9.17, 15) is 27.7 Å². The highest BCUT2D eigenvalue weighted by Gasteiger charge is 2.26. The Labute approximate surface area is 166 Å². The molecule has 0 bridgehead atoms. The molecule has 1 fully saturated rings. The first-order chi connectivity index (χ1) is 13.7. The summed E-state index contributed by atoms with van der Waals surface area (Å²) in [5.41, 5.74) is -0.433. The van der Waals surface area contributed by atoms with Crippen molar-refractivity contribution in [3.8, 4) is 0 Å². The number of amides is 1. The Morgan fingerprint density at radius 3 is 2.45 bits per heavy atom. The highest BCUT2D eigenvalue weighted by atomic mass is 32.2. The molecule has 3 rings (SSSR count). The van der Waals surface area contributed by atoms with Crippen molar-refractivity contribution in [1.29, 1.82) is 0 Å². The molecule has 1 saturated heterocycles. The number of nitro groups is 1. The molecule has 0 radical (unpaired) electrons. The van der Waals surface area contributed by atoms with Gasteiger partial charge < -0.3 is 9.80 Å². The molecule has 0 atom stereocenters. The van der Waals surface area contributed by atoms with E-state index >= 15 is 0 Å². The summed E-state index contributed by atoms with van der Waals surface area (Å²) in [7, 11) is -2.58. The number of sulfonamides is 1. The molecule has 1 aromatic heterocycles. The number of benzene rings is 1. The van der Waals surface area contributed by atoms with Crippen LogP contribution in [0, 0.1) is 15.9 Å². The van der Waals surface area contributed by atoms with Crippen molar-refractivity contribution in [3.63, 3.8) is 0 Å². The van der Waals surface area contributed by atoms with Gasteiger partial charge in [-0.25, -0.2) is 22.5 Å². The molecule has 0 aliphatic carbocycles. The average Bonchev–Trinajstić information content (AvgIpc) is 2.73. The van der Waals surface area contributed by atoms with Crippen LogP contribution in [0.4, 0.5) is 15.9 Å². The lowest BCUT2D eigenvalue weighted by Gasteiger charge is -2.35. The van der Waals surface area contributed by atoms with Gasteiger partial charge in [0.05, 0.1) is 15.4 Å². The van der Waals surface area contributed by atoms with Gasteiger partial charge in [-0.05, 0) is 31.3 Å². The van der Waals surface area contributed by atoms with Crippen LogP contribution in [0.15, 0.2) is 41.4 Å². The highest BCUT2D eigenvalue weighted by molar-refractivity contribution is 7.89. The monoisotopic (exact) mass is 423 g/mol. The molecule has 1 N–H and O–H groups in total. The van der Waals surface area contributed by atoms with Gasteiger partial charge in [0.15, 0.2) is 0 Å². The van der Waals surface area contributed by atoms with E-state index in [0.29, 0.717) is 18.9 Å². The summed E-state index contributed by atoms with van der Waals surface area (Å²) < 4.78 is 40.1. The number of halogens is 1. The van der Waals surface area contributed by atoms with Gasteiger partial charge in [0.25, 0.3) is 11.6 Å². The van der Waals surface area contributed by atoms with Crippen LogP contribution >= 0.6 is 0 Å². The number of carbonyl (C=O) groups excluding carboxylic acids is 1. The number of hydrogen-bond acceptors (Lipinski definition) is 7. The molecule has 1 aliphatic heterocycles. The first-order valence-electron chi connectivity index (χ1n) is 8.60. The van der Waals surface area contributed by atoms with Crippen LogP contribution in [-0.2, 0) is 10.0 Å². The molecular formula is C17H18FN5O5S. The maximum atomic E-state index is 14.2. The predicted octanol–water partition coefficient (Wildman–Crippen LogP) is 0.999. The van der Waals surface area contributed by atoms with E-state index in [1.54, 1.807) is 0 Å². The number of anilines is 1. The van der Waals surface area contributed by atoms with Crippen molar-refractivity contribution in [2.45, 2.75) is 4.90 Å². The van der Waals surface area contributed by atoms with E-state index in [-0.39, 0.29) is 29.2 Å². The number of nitrogens with zero attached hydrogens (tertiary/aromatic N) is 4. The zero-order valence-corrected chi connectivity index (χ0v) is 16.2. The Kier molecular flexibility index (Phi) is 5.75. The van der Waals surface area contributed by atoms with Crippen LogP contribution in [0.25, 0.3) is 0 Å². The third kappa shape index (κ3) is 4.32. The maximum Gasteiger partial charge on any atom is 0.287 e. The second-order valence-corrected chi connectivity index (χ2v) is 8.15. The molecule has 1 aromatic carbocycles. The van der Waals surface area contributed by atoms with Crippen molar-refractivity contribution >= 4 is 27.4 Å². The zero-order chi connectivity index (χ0) is 21.2. The molecular weight excluding hydrogens is 405 g/mol. The van der Waals surface area contributed by atoms with E-state index in [0.717, 1.165) is 24.4 Å². The minimum atomic E-state index is -3.81. The van der Waals surface area contributed by atoms with Crippen LogP contribution in [0.3, 0.4) is 0 Å². The molecule has 0 saturated carbocycles. The number of aromatic nitrogens is 1. The molecule has 12 heteroatoms. The molecule has 0 unspecified atom stereocenters. The summed E-state index contributed by atoms with van der Waals surface area (Å²) in [5, 5.41) is 10.7. The Hall–Kier alpha value is -3.12. The number of carbonyl (C=O) groups is 1. The van der Waals surface area contributed by atoms with Gasteiger partial charge in [0.1, 0.15) is 17.8 Å². The minimum absolute atomic E-state index is 0.116. The lowest BCUT2D eigenvalue weighted by Crippen LogP contribution is -2.49. The molecule has 2 aromatic rings. The number of nitrogens with one attached hydrogen (secondary N) is 1. The fourth-order valence-corrected chi connectivity index (χ4v) is 3.69. The zero-order valence-electron chi connectivity index (χ0n) is 15.4. The lowest BCUT2D eigenvalue weighted by molar-refractivity contribution is -0.385. The van der Waals surface area contributed by atoms with Gasteiger partial charge in [-0.1, -0.05) is 0 Å². The first kappa shape index (κ1) is 20.6. The summed E-state index contributed by atoms with van der Waals surface area (Å²) in [6, 6.07) is 5.95. The Balaban J connectivity index is 1.72. The van der Waals surface area contributed by atoms with Crippen LogP contribution in [0.2, 0.25) is 0 Å². The van der Waals surface area contributed by atoms with Gasteiger partial charge >= 0.3 is 0 Å². The predicted molar refractivity (Wildman–Crippen MR) is 102 cm³/mol. The molecule has 10 nitrogen and oxygen atoms in total. The number of piperazine rings is 1. The summed E-state index contributed by atoms with van der Waals surface area (Å²) in [5.74, 6) is -0.868. The number of rotatable bonds is 5. The van der Waals surface area contributed by atoms with E-state index < -0.39 is 26.7 Å². The second kappa shape index (κ2) is 8.09. The van der Waals surface area contributed by atoms with Gasteiger partial charge in [0, 0.05) is 32.2 Å². The number of pyridine rings is 1. The summed E-state index contributed by atoms with van der Waals surface area (Å²) >= 11 is 0. The Morgan fingerprint density at radius 2 is 1.90 bits per heavy atom. The van der Waals surface area contributed by atoms with Gasteiger partial charge in [0.2, 0.25) is 10.0 Å². The third-order valence-corrected chi connectivity index (χ3v) is 5.99. The van der Waals surface area contributed by atoms with Gasteiger partial charge in [-0.15, -0.1) is 0 Å². The first-order valence-corrected chi connectivity index (χ1v) is 10.1. The summed E-state index contributed by atoms with van der Waals surface area (Å²) in [6.07, 6.45) is 1.16. The van der Waals surface area contributed by atoms with Gasteiger partial charge in [-0.3, -0.25) is 14.9 Å². The van der Waals surface area contributed by atoms with Crippen LogP contribution < -0.4 is 9.62 Å². The van der Waals surface area contributed by atoms with E-state index in [2.05, 4.69) is 9.71 Å². The average molecular weight is 423 g/mol. The smallest absolute Gasteiger partial charge is 0.287 e. The number of hydrogen-bond donors (Lipinski definition) is 1. The highest BCUT2D eigenvalue weighted by Crippen LogP contribution is 2.20. The summed E-state index contributed by atoms with van der Waals surface area (Å²) in [4.78, 5) is 30.0. The minimum Gasteiger partial charge on any atom is -0.353 e. The lowest BCUT2D eigenvalue weighted by atomic mass is 10.1. The van der Waals surface area contributed by atoms with Crippen molar-refractivity contribution in [3.05, 3.63) is 58.0 Å². The molecule has 154 valence electrons. The van der Waals surface area contributed by atoms with Crippen molar-refractivity contribution < 1.29 is 22.5 Å². The van der Waals surface area contributed by atoms with E-state index in [4.69, 9.17) is 0 Å². The SMILES string of the molecule is CNS(=O)(=O)c1ccc(F)c(C(=O)N2CCN(c3ccc([N+](=O)[O-])cn3)CC2)c1. The van der Waals surface area contributed by atoms with Crippen molar-refractivity contribution in [2.24, 2.45) is 0 Å². The quantitative estimate of drug-likeness (QED) is 0.562. The summed E-state index contributed by atoms with van der Waals surface area (Å²) in [6.45, 7) is 1.32. The molecule has 0 spiro atoms. The van der Waals surface area contributed by atoms with Crippen LogP contribution in [0.5, 0.6) is 0 Å². The van der Waals surface area contributed by atoms with Crippen molar-refractivity contribution in [1.82, 2.24) is 14.6 Å². The van der Waals surface area contributed by atoms with Crippen molar-refractivity contribution in [2.75, 3.05) is 38.1 Å². The molecule has 1 amide bonds. The van der Waals surface area contributed by atoms with E-state index in [1.807, 2.05) is 4.90 Å².